The maximum Gasteiger partial charge on any atom is 0.0417 e. The van der Waals surface area contributed by atoms with Crippen LogP contribution in [0.2, 0.25) is 0 Å². The average Bonchev–Trinajstić information content (AvgIpc) is 2.23. The lowest BCUT2D eigenvalue weighted by molar-refractivity contribution is 0.00560. The fourth-order valence-corrected chi connectivity index (χ4v) is 2.22. The highest BCUT2D eigenvalue weighted by Gasteiger charge is 2.30. The van der Waals surface area contributed by atoms with Crippen LogP contribution >= 0.6 is 0 Å². The maximum absolute atomic E-state index is 5.84. The van der Waals surface area contributed by atoms with Crippen molar-refractivity contribution in [3.63, 3.8) is 0 Å². The highest BCUT2D eigenvalue weighted by atomic mass is 15.6. The van der Waals surface area contributed by atoms with Crippen LogP contribution < -0.4 is 11.2 Å². The summed E-state index contributed by atoms with van der Waals surface area (Å²) in [6, 6.07) is 1.26. The van der Waals surface area contributed by atoms with Gasteiger partial charge in [-0.15, -0.1) is 0 Å². The predicted molar refractivity (Wildman–Crippen MR) is 65.5 cm³/mol. The maximum atomic E-state index is 5.84. The van der Waals surface area contributed by atoms with Crippen molar-refractivity contribution in [2.24, 2.45) is 5.73 Å². The van der Waals surface area contributed by atoms with E-state index in [2.05, 4.69) is 38.1 Å². The molecule has 1 saturated heterocycles. The van der Waals surface area contributed by atoms with Gasteiger partial charge in [-0.2, -0.15) is 0 Å². The summed E-state index contributed by atoms with van der Waals surface area (Å²) in [4.78, 5) is 0. The summed E-state index contributed by atoms with van der Waals surface area (Å²) in [5.41, 5.74) is 9.53. The zero-order valence-corrected chi connectivity index (χ0v) is 10.7. The molecule has 1 aliphatic heterocycles. The van der Waals surface area contributed by atoms with E-state index < -0.39 is 0 Å². The first-order chi connectivity index (χ1) is 7.02. The molecular weight excluding hydrogens is 186 g/mol. The molecule has 0 aromatic rings. The fraction of sp³-hybridized carbons (Fsp3) is 1.00. The van der Waals surface area contributed by atoms with E-state index in [1.165, 1.54) is 19.3 Å². The van der Waals surface area contributed by atoms with E-state index >= 15 is 0 Å². The standard InChI is InChI=1S/C12H27N3/c1-5-12(4,9-13)14-15-10(2)7-6-8-11(15)3/h10-11,14H,5-9,13H2,1-4H3. The molecule has 3 nitrogen and oxygen atoms in total. The molecule has 90 valence electrons. The van der Waals surface area contributed by atoms with Crippen LogP contribution in [0, 0.1) is 0 Å². The first-order valence-corrected chi connectivity index (χ1v) is 6.28. The van der Waals surface area contributed by atoms with Gasteiger partial charge in [0.05, 0.1) is 0 Å². The number of hydrogen-bond donors (Lipinski definition) is 2. The number of hydrazine groups is 1. The number of rotatable bonds is 4. The second-order valence-electron chi connectivity index (χ2n) is 5.27. The van der Waals surface area contributed by atoms with Crippen molar-refractivity contribution in [3.05, 3.63) is 0 Å². The van der Waals surface area contributed by atoms with Crippen LogP contribution in [0.25, 0.3) is 0 Å². The molecule has 0 spiro atoms. The van der Waals surface area contributed by atoms with E-state index in [1.54, 1.807) is 0 Å². The highest BCUT2D eigenvalue weighted by molar-refractivity contribution is 4.86. The number of hydrogen-bond acceptors (Lipinski definition) is 3. The molecule has 1 heterocycles. The van der Waals surface area contributed by atoms with E-state index in [9.17, 15) is 0 Å². The summed E-state index contributed by atoms with van der Waals surface area (Å²) >= 11 is 0. The summed E-state index contributed by atoms with van der Waals surface area (Å²) in [6.45, 7) is 9.70. The third-order valence-corrected chi connectivity index (χ3v) is 3.82. The Morgan fingerprint density at radius 2 is 1.87 bits per heavy atom. The largest absolute Gasteiger partial charge is 0.329 e. The minimum atomic E-state index is 0.0554. The van der Waals surface area contributed by atoms with Gasteiger partial charge in [-0.05, 0) is 40.0 Å². The van der Waals surface area contributed by atoms with Crippen LogP contribution in [-0.4, -0.2) is 29.2 Å². The Balaban J connectivity index is 2.61. The second kappa shape index (κ2) is 5.28. The molecule has 0 aromatic heterocycles. The van der Waals surface area contributed by atoms with Gasteiger partial charge in [0.2, 0.25) is 0 Å². The van der Waals surface area contributed by atoms with Crippen LogP contribution in [0.1, 0.15) is 53.4 Å². The van der Waals surface area contributed by atoms with E-state index in [4.69, 9.17) is 5.73 Å². The zero-order valence-electron chi connectivity index (χ0n) is 10.7. The summed E-state index contributed by atoms with van der Waals surface area (Å²) in [6.07, 6.45) is 5.01. The summed E-state index contributed by atoms with van der Waals surface area (Å²) in [5.74, 6) is 0. The van der Waals surface area contributed by atoms with E-state index in [-0.39, 0.29) is 5.54 Å². The molecule has 15 heavy (non-hydrogen) atoms. The number of nitrogens with two attached hydrogens (primary N) is 1. The first kappa shape index (κ1) is 12.9. The minimum absolute atomic E-state index is 0.0554. The van der Waals surface area contributed by atoms with Crippen LogP contribution in [0.15, 0.2) is 0 Å². The monoisotopic (exact) mass is 213 g/mol. The van der Waals surface area contributed by atoms with Crippen LogP contribution in [-0.2, 0) is 0 Å². The second-order valence-corrected chi connectivity index (χ2v) is 5.27. The lowest BCUT2D eigenvalue weighted by Crippen LogP contribution is -2.62. The van der Waals surface area contributed by atoms with Crippen molar-refractivity contribution in [3.8, 4) is 0 Å². The van der Waals surface area contributed by atoms with Gasteiger partial charge >= 0.3 is 0 Å². The van der Waals surface area contributed by atoms with E-state index in [1.807, 2.05) is 0 Å². The zero-order chi connectivity index (χ0) is 11.5. The Bertz CT molecular complexity index is 179. The van der Waals surface area contributed by atoms with Gasteiger partial charge in [-0.1, -0.05) is 13.3 Å². The van der Waals surface area contributed by atoms with Crippen molar-refractivity contribution in [1.29, 1.82) is 0 Å². The van der Waals surface area contributed by atoms with Crippen molar-refractivity contribution in [2.75, 3.05) is 6.54 Å². The van der Waals surface area contributed by atoms with Crippen molar-refractivity contribution >= 4 is 0 Å². The Morgan fingerprint density at radius 1 is 1.33 bits per heavy atom. The third kappa shape index (κ3) is 3.16. The fourth-order valence-electron chi connectivity index (χ4n) is 2.22. The van der Waals surface area contributed by atoms with Gasteiger partial charge in [0.25, 0.3) is 0 Å². The molecule has 3 unspecified atom stereocenters. The SMILES string of the molecule is CCC(C)(CN)NN1C(C)CCCC1C. The normalized spacial score (nSPS) is 32.6. The van der Waals surface area contributed by atoms with E-state index in [0.717, 1.165) is 6.42 Å². The molecule has 0 saturated carbocycles. The molecule has 1 rings (SSSR count). The molecule has 3 N–H and O–H groups in total. The average molecular weight is 213 g/mol. The lowest BCUT2D eigenvalue weighted by Gasteiger charge is -2.44. The van der Waals surface area contributed by atoms with Crippen LogP contribution in [0.3, 0.4) is 0 Å². The van der Waals surface area contributed by atoms with Gasteiger partial charge in [0.1, 0.15) is 0 Å². The molecule has 1 aliphatic rings. The predicted octanol–water partition coefficient (Wildman–Crippen LogP) is 1.88. The smallest absolute Gasteiger partial charge is 0.0417 e. The molecule has 3 heteroatoms. The first-order valence-electron chi connectivity index (χ1n) is 6.28. The minimum Gasteiger partial charge on any atom is -0.329 e. The number of nitrogens with zero attached hydrogens (tertiary/aromatic N) is 1. The number of piperidine rings is 1. The Kier molecular flexibility index (Phi) is 4.56. The Labute approximate surface area is 94.4 Å². The number of nitrogens with one attached hydrogen (secondary N) is 1. The quantitative estimate of drug-likeness (QED) is 0.749. The van der Waals surface area contributed by atoms with Gasteiger partial charge in [0, 0.05) is 24.2 Å². The molecule has 0 aromatic carbocycles. The third-order valence-electron chi connectivity index (χ3n) is 3.82. The molecule has 1 fully saturated rings. The summed E-state index contributed by atoms with van der Waals surface area (Å²) in [7, 11) is 0. The van der Waals surface area contributed by atoms with E-state index in [0.29, 0.717) is 18.6 Å². The molecular formula is C12H27N3. The van der Waals surface area contributed by atoms with Gasteiger partial charge in [-0.25, -0.2) is 10.4 Å². The molecule has 0 radical (unpaired) electrons. The van der Waals surface area contributed by atoms with Crippen molar-refractivity contribution < 1.29 is 0 Å². The Morgan fingerprint density at radius 3 is 2.27 bits per heavy atom. The molecule has 0 aliphatic carbocycles. The topological polar surface area (TPSA) is 41.3 Å². The van der Waals surface area contributed by atoms with Gasteiger partial charge < -0.3 is 5.73 Å². The van der Waals surface area contributed by atoms with Crippen LogP contribution in [0.5, 0.6) is 0 Å². The van der Waals surface area contributed by atoms with Gasteiger partial charge in [0.15, 0.2) is 0 Å². The molecule has 0 amide bonds. The van der Waals surface area contributed by atoms with Crippen LogP contribution in [0.4, 0.5) is 0 Å². The van der Waals surface area contributed by atoms with Crippen molar-refractivity contribution in [1.82, 2.24) is 10.4 Å². The molecule has 0 bridgehead atoms. The van der Waals surface area contributed by atoms with Crippen molar-refractivity contribution in [2.45, 2.75) is 71.0 Å². The lowest BCUT2D eigenvalue weighted by atomic mass is 9.97. The van der Waals surface area contributed by atoms with Gasteiger partial charge in [-0.3, -0.25) is 0 Å². The molecule has 3 atom stereocenters. The summed E-state index contributed by atoms with van der Waals surface area (Å²) < 4.78 is 0. The Hall–Kier alpha value is -0.120. The summed E-state index contributed by atoms with van der Waals surface area (Å²) in [5, 5.41) is 2.42. The highest BCUT2D eigenvalue weighted by Crippen LogP contribution is 2.22.